The van der Waals surface area contributed by atoms with Crippen LogP contribution < -0.4 is 0 Å². The summed E-state index contributed by atoms with van der Waals surface area (Å²) in [6.07, 6.45) is 0. The highest BCUT2D eigenvalue weighted by Gasteiger charge is 2.27. The zero-order chi connectivity index (χ0) is 22.4. The summed E-state index contributed by atoms with van der Waals surface area (Å²) < 4.78 is 3.93. The van der Waals surface area contributed by atoms with Crippen molar-refractivity contribution in [3.8, 4) is 38.8 Å². The van der Waals surface area contributed by atoms with E-state index in [4.69, 9.17) is 4.98 Å². The Bertz CT molecular complexity index is 1160. The van der Waals surface area contributed by atoms with Crippen LogP contribution in [0.4, 0.5) is 0 Å². The maximum atomic E-state index is 11.0. The summed E-state index contributed by atoms with van der Waals surface area (Å²) in [7, 11) is 0. The standard InChI is InChI=1S/C25H27N3OS2/c1-24(2,3)18-11-17(12-19(22(18)29)25(4,5)6)20-13-30-23(26-20)16-9-7-15(8-10-16)21-14-31-28-27-21/h7-14,29H,1-6H3. The number of phenolic OH excluding ortho intramolecular Hbond substituents is 1. The fraction of sp³-hybridized carbons (Fsp3) is 0.320. The summed E-state index contributed by atoms with van der Waals surface area (Å²) in [5.74, 6) is 0.395. The summed E-state index contributed by atoms with van der Waals surface area (Å²) in [5, 5.41) is 20.1. The van der Waals surface area contributed by atoms with Gasteiger partial charge in [-0.1, -0.05) is 70.3 Å². The normalized spacial score (nSPS) is 12.3. The molecule has 4 nitrogen and oxygen atoms in total. The molecule has 1 N–H and O–H groups in total. The van der Waals surface area contributed by atoms with Gasteiger partial charge in [0.15, 0.2) is 0 Å². The Balaban J connectivity index is 1.73. The third kappa shape index (κ3) is 4.41. The molecule has 0 aliphatic heterocycles. The fourth-order valence-corrected chi connectivity index (χ4v) is 4.84. The molecule has 2 heterocycles. The molecule has 160 valence electrons. The van der Waals surface area contributed by atoms with Crippen molar-refractivity contribution in [3.63, 3.8) is 0 Å². The number of aromatic hydroxyl groups is 1. The number of thiazole rings is 1. The highest BCUT2D eigenvalue weighted by atomic mass is 32.1. The number of nitrogens with zero attached hydrogens (tertiary/aromatic N) is 3. The van der Waals surface area contributed by atoms with Crippen molar-refractivity contribution < 1.29 is 5.11 Å². The minimum Gasteiger partial charge on any atom is -0.507 e. The number of hydrogen-bond donors (Lipinski definition) is 1. The first-order valence-corrected chi connectivity index (χ1v) is 12.0. The topological polar surface area (TPSA) is 58.9 Å². The Morgan fingerprint density at radius 3 is 1.84 bits per heavy atom. The third-order valence-corrected chi connectivity index (χ3v) is 6.71. The van der Waals surface area contributed by atoms with Gasteiger partial charge in [0.2, 0.25) is 0 Å². The Kier molecular flexibility index (Phi) is 5.48. The van der Waals surface area contributed by atoms with Crippen molar-refractivity contribution in [2.24, 2.45) is 0 Å². The third-order valence-electron chi connectivity index (χ3n) is 5.31. The molecule has 0 fully saturated rings. The van der Waals surface area contributed by atoms with Crippen molar-refractivity contribution >= 4 is 22.9 Å². The molecule has 0 aliphatic carbocycles. The average Bonchev–Trinajstić information content (AvgIpc) is 3.39. The molecule has 4 aromatic rings. The molecule has 31 heavy (non-hydrogen) atoms. The molecule has 0 radical (unpaired) electrons. The van der Waals surface area contributed by atoms with Gasteiger partial charge in [0.1, 0.15) is 16.5 Å². The van der Waals surface area contributed by atoms with Crippen molar-refractivity contribution in [1.29, 1.82) is 0 Å². The summed E-state index contributed by atoms with van der Waals surface area (Å²) in [6.45, 7) is 12.8. The minimum absolute atomic E-state index is 0.167. The monoisotopic (exact) mass is 449 g/mol. The fourth-order valence-electron chi connectivity index (χ4n) is 3.54. The molecule has 0 amide bonds. The quantitative estimate of drug-likeness (QED) is 0.356. The molecule has 4 rings (SSSR count). The van der Waals surface area contributed by atoms with E-state index in [9.17, 15) is 5.11 Å². The largest absolute Gasteiger partial charge is 0.507 e. The van der Waals surface area contributed by atoms with Crippen LogP contribution in [0.1, 0.15) is 52.7 Å². The van der Waals surface area contributed by atoms with Crippen molar-refractivity contribution in [2.45, 2.75) is 52.4 Å². The lowest BCUT2D eigenvalue weighted by molar-refractivity contribution is 0.423. The number of benzene rings is 2. The van der Waals surface area contributed by atoms with Crippen molar-refractivity contribution in [3.05, 3.63) is 58.3 Å². The van der Waals surface area contributed by atoms with E-state index in [1.54, 1.807) is 11.3 Å². The van der Waals surface area contributed by atoms with E-state index in [2.05, 4.69) is 92.9 Å². The van der Waals surface area contributed by atoms with Gasteiger partial charge in [-0.2, -0.15) is 0 Å². The summed E-state index contributed by atoms with van der Waals surface area (Å²) in [5.41, 5.74) is 6.57. The second-order valence-electron chi connectivity index (χ2n) is 9.83. The first kappa shape index (κ1) is 21.7. The lowest BCUT2D eigenvalue weighted by Gasteiger charge is -2.28. The average molecular weight is 450 g/mol. The smallest absolute Gasteiger partial charge is 0.124 e. The SMILES string of the molecule is CC(C)(C)c1cc(-c2csc(-c3ccc(-c4csnn4)cc3)n2)cc(C(C)(C)C)c1O. The van der Waals surface area contributed by atoms with Crippen molar-refractivity contribution in [1.82, 2.24) is 14.6 Å². The van der Waals surface area contributed by atoms with Gasteiger partial charge in [0.25, 0.3) is 0 Å². The zero-order valence-corrected chi connectivity index (χ0v) is 20.4. The highest BCUT2D eigenvalue weighted by molar-refractivity contribution is 7.13. The van der Waals surface area contributed by atoms with Crippen LogP contribution in [0.25, 0.3) is 33.1 Å². The number of rotatable bonds is 3. The molecule has 0 spiro atoms. The first-order chi connectivity index (χ1) is 14.5. The maximum Gasteiger partial charge on any atom is 0.124 e. The van der Waals surface area contributed by atoms with E-state index in [0.717, 1.165) is 44.2 Å². The lowest BCUT2D eigenvalue weighted by Crippen LogP contribution is -2.17. The van der Waals surface area contributed by atoms with Gasteiger partial charge in [-0.15, -0.1) is 16.4 Å². The van der Waals surface area contributed by atoms with E-state index in [1.165, 1.54) is 11.5 Å². The van der Waals surface area contributed by atoms with Crippen LogP contribution >= 0.6 is 22.9 Å². The zero-order valence-electron chi connectivity index (χ0n) is 18.7. The molecule has 2 aromatic carbocycles. The van der Waals surface area contributed by atoms with E-state index < -0.39 is 0 Å². The first-order valence-electron chi connectivity index (χ1n) is 10.3. The van der Waals surface area contributed by atoms with Crippen LogP contribution in [0.5, 0.6) is 5.75 Å². The predicted octanol–water partition coefficient (Wildman–Crippen LogP) is 7.30. The van der Waals surface area contributed by atoms with Crippen LogP contribution in [0.15, 0.2) is 47.2 Å². The van der Waals surface area contributed by atoms with Crippen LogP contribution in [0.3, 0.4) is 0 Å². The van der Waals surface area contributed by atoms with E-state index >= 15 is 0 Å². The summed E-state index contributed by atoms with van der Waals surface area (Å²) in [6, 6.07) is 12.4. The molecule has 0 aliphatic rings. The highest BCUT2D eigenvalue weighted by Crippen LogP contribution is 2.42. The summed E-state index contributed by atoms with van der Waals surface area (Å²) in [4.78, 5) is 4.93. The molecule has 0 bridgehead atoms. The molecule has 2 aromatic heterocycles. The van der Waals surface area contributed by atoms with E-state index in [1.807, 2.05) is 5.38 Å². The number of hydrogen-bond acceptors (Lipinski definition) is 6. The van der Waals surface area contributed by atoms with Crippen LogP contribution in [-0.2, 0) is 10.8 Å². The van der Waals surface area contributed by atoms with Gasteiger partial charge in [-0.3, -0.25) is 0 Å². The molecular weight excluding hydrogens is 422 g/mol. The van der Waals surface area contributed by atoms with E-state index in [-0.39, 0.29) is 10.8 Å². The van der Waals surface area contributed by atoms with Gasteiger partial charge in [0.05, 0.1) is 5.69 Å². The maximum absolute atomic E-state index is 11.0. The molecule has 0 saturated heterocycles. The van der Waals surface area contributed by atoms with Gasteiger partial charge in [-0.25, -0.2) is 4.98 Å². The van der Waals surface area contributed by atoms with Gasteiger partial charge in [0, 0.05) is 38.6 Å². The Morgan fingerprint density at radius 1 is 0.742 bits per heavy atom. The second-order valence-corrected chi connectivity index (χ2v) is 11.3. The minimum atomic E-state index is -0.167. The number of phenols is 1. The Hall–Kier alpha value is -2.57. The van der Waals surface area contributed by atoms with Gasteiger partial charge < -0.3 is 5.11 Å². The van der Waals surface area contributed by atoms with Crippen LogP contribution in [-0.4, -0.2) is 19.7 Å². The molecule has 6 heteroatoms. The molecule has 0 atom stereocenters. The predicted molar refractivity (Wildman–Crippen MR) is 131 cm³/mol. The summed E-state index contributed by atoms with van der Waals surface area (Å²) >= 11 is 2.99. The second kappa shape index (κ2) is 7.84. The van der Waals surface area contributed by atoms with Gasteiger partial charge >= 0.3 is 0 Å². The van der Waals surface area contributed by atoms with Crippen LogP contribution in [0.2, 0.25) is 0 Å². The lowest BCUT2D eigenvalue weighted by atomic mass is 9.78. The van der Waals surface area contributed by atoms with Crippen molar-refractivity contribution in [2.75, 3.05) is 0 Å². The van der Waals surface area contributed by atoms with Gasteiger partial charge in [-0.05, 0) is 34.5 Å². The van der Waals surface area contributed by atoms with E-state index in [0.29, 0.717) is 5.75 Å². The Morgan fingerprint density at radius 2 is 1.32 bits per heavy atom. The molecule has 0 saturated carbocycles. The molecule has 0 unspecified atom stereocenters. The molecular formula is C25H27N3OS2. The number of aromatic nitrogens is 3. The van der Waals surface area contributed by atoms with Crippen LogP contribution in [0, 0.1) is 0 Å². The Labute approximate surface area is 191 Å².